The minimum absolute atomic E-state index is 0.0628. The van der Waals surface area contributed by atoms with Crippen molar-refractivity contribution in [3.63, 3.8) is 0 Å². The molecule has 1 aromatic heterocycles. The Kier molecular flexibility index (Phi) is 5.96. The number of aromatic nitrogens is 2. The molecule has 4 rings (SSSR count). The number of carbonyl (C=O) groups excluding carboxylic acids is 1. The maximum absolute atomic E-state index is 13.6. The van der Waals surface area contributed by atoms with Gasteiger partial charge in [-0.15, -0.1) is 0 Å². The quantitative estimate of drug-likeness (QED) is 0.252. The van der Waals surface area contributed by atoms with Crippen LogP contribution >= 0.6 is 11.7 Å². The van der Waals surface area contributed by atoms with E-state index in [1.54, 1.807) is 66.7 Å². The van der Waals surface area contributed by atoms with Crippen molar-refractivity contribution in [1.29, 1.82) is 0 Å². The summed E-state index contributed by atoms with van der Waals surface area (Å²) < 4.78 is 18.7. The van der Waals surface area contributed by atoms with Gasteiger partial charge in [-0.1, -0.05) is 18.2 Å². The monoisotopic (exact) mass is 446 g/mol. The first-order valence-electron chi connectivity index (χ1n) is 9.55. The van der Waals surface area contributed by atoms with Gasteiger partial charge < -0.3 is 14.6 Å². The number of ether oxygens (including phenoxy) is 2. The van der Waals surface area contributed by atoms with Crippen LogP contribution in [0.3, 0.4) is 0 Å². The number of allylic oxidation sites excluding steroid dienone is 1. The van der Waals surface area contributed by atoms with E-state index < -0.39 is 11.8 Å². The highest BCUT2D eigenvalue weighted by molar-refractivity contribution is 7.00. The maximum Gasteiger partial charge on any atom is 0.337 e. The molecule has 0 bridgehead atoms. The third-order valence-electron chi connectivity index (χ3n) is 4.96. The molecule has 0 aliphatic heterocycles. The van der Waals surface area contributed by atoms with Crippen molar-refractivity contribution < 1.29 is 24.2 Å². The van der Waals surface area contributed by atoms with E-state index in [-0.39, 0.29) is 11.1 Å². The molecule has 0 unspecified atom stereocenters. The third kappa shape index (κ3) is 4.08. The Bertz CT molecular complexity index is 1320. The lowest BCUT2D eigenvalue weighted by molar-refractivity contribution is -0.130. The van der Waals surface area contributed by atoms with Crippen molar-refractivity contribution in [2.24, 2.45) is 0 Å². The highest BCUT2D eigenvalue weighted by Gasteiger charge is 2.25. The Morgan fingerprint density at radius 3 is 1.81 bits per heavy atom. The molecule has 1 heterocycles. The number of hydrogen-bond acceptors (Lipinski definition) is 7. The number of fused-ring (bicyclic) bond motifs is 1. The van der Waals surface area contributed by atoms with Crippen LogP contribution in [0.15, 0.2) is 66.7 Å². The van der Waals surface area contributed by atoms with Crippen LogP contribution in [0, 0.1) is 0 Å². The topological polar surface area (TPSA) is 98.6 Å². The summed E-state index contributed by atoms with van der Waals surface area (Å²) >= 11 is 1.04. The first-order chi connectivity index (χ1) is 15.5. The van der Waals surface area contributed by atoms with Crippen molar-refractivity contribution in [3.8, 4) is 11.5 Å². The zero-order valence-electron chi connectivity index (χ0n) is 17.2. The van der Waals surface area contributed by atoms with E-state index >= 15 is 0 Å². The predicted octanol–water partition coefficient (Wildman–Crippen LogP) is 4.59. The number of aliphatic carboxylic acids is 1. The van der Waals surface area contributed by atoms with Gasteiger partial charge in [0, 0.05) is 11.1 Å². The van der Waals surface area contributed by atoms with Gasteiger partial charge in [-0.2, -0.15) is 8.75 Å². The van der Waals surface area contributed by atoms with Gasteiger partial charge in [0.15, 0.2) is 5.78 Å². The molecular weight excluding hydrogens is 428 g/mol. The fourth-order valence-electron chi connectivity index (χ4n) is 3.35. The first-order valence-corrected chi connectivity index (χ1v) is 10.3. The number of rotatable bonds is 7. The summed E-state index contributed by atoms with van der Waals surface area (Å²) in [6.45, 7) is 0. The summed E-state index contributed by atoms with van der Waals surface area (Å²) in [5, 5.41) is 10.2. The summed E-state index contributed by atoms with van der Waals surface area (Å²) in [4.78, 5) is 26.1. The number of Topliss-reactive ketones (excluding diaryl/α,β-unsaturated/α-hetero) is 1. The van der Waals surface area contributed by atoms with Gasteiger partial charge in [-0.05, 0) is 59.7 Å². The second kappa shape index (κ2) is 8.99. The third-order valence-corrected chi connectivity index (χ3v) is 5.52. The van der Waals surface area contributed by atoms with Gasteiger partial charge >= 0.3 is 5.97 Å². The SMILES string of the molecule is COc1ccc(C(=O)C(=C(C(=O)O)c2ccc3nsnc3c2)c2ccc(OC)cc2)cc1. The number of carbonyl (C=O) groups is 2. The van der Waals surface area contributed by atoms with Crippen LogP contribution in [0.4, 0.5) is 0 Å². The zero-order chi connectivity index (χ0) is 22.7. The minimum atomic E-state index is -1.22. The molecule has 0 aliphatic rings. The summed E-state index contributed by atoms with van der Waals surface area (Å²) in [5.41, 5.74) is 2.34. The molecule has 0 aliphatic carbocycles. The molecular formula is C24H18N2O5S. The molecule has 0 saturated heterocycles. The zero-order valence-corrected chi connectivity index (χ0v) is 18.1. The lowest BCUT2D eigenvalue weighted by Crippen LogP contribution is -2.11. The van der Waals surface area contributed by atoms with Gasteiger partial charge in [0.2, 0.25) is 0 Å². The summed E-state index contributed by atoms with van der Waals surface area (Å²) in [5.74, 6) is -0.458. The van der Waals surface area contributed by atoms with E-state index in [1.807, 2.05) is 0 Å². The number of carboxylic acid groups (broad SMARTS) is 1. The number of methoxy groups -OCH3 is 2. The molecule has 7 nitrogen and oxygen atoms in total. The molecule has 4 aromatic rings. The highest BCUT2D eigenvalue weighted by atomic mass is 32.1. The van der Waals surface area contributed by atoms with Crippen molar-refractivity contribution in [2.45, 2.75) is 0 Å². The van der Waals surface area contributed by atoms with Crippen LogP contribution in [-0.4, -0.2) is 39.8 Å². The van der Waals surface area contributed by atoms with Crippen molar-refractivity contribution >= 4 is 45.7 Å². The molecule has 3 aromatic carbocycles. The molecule has 0 saturated carbocycles. The van der Waals surface area contributed by atoms with Gasteiger partial charge in [-0.3, -0.25) is 4.79 Å². The Hall–Kier alpha value is -4.04. The average Bonchev–Trinajstić information content (AvgIpc) is 3.30. The molecule has 8 heteroatoms. The van der Waals surface area contributed by atoms with Crippen molar-refractivity contribution in [2.75, 3.05) is 14.2 Å². The van der Waals surface area contributed by atoms with Crippen molar-refractivity contribution in [1.82, 2.24) is 8.75 Å². The number of nitrogens with zero attached hydrogens (tertiary/aromatic N) is 2. The largest absolute Gasteiger partial charge is 0.497 e. The lowest BCUT2D eigenvalue weighted by atomic mass is 9.89. The van der Waals surface area contributed by atoms with Crippen LogP contribution in [0.25, 0.3) is 22.2 Å². The molecule has 1 N–H and O–H groups in total. The van der Waals surface area contributed by atoms with Gasteiger partial charge in [-0.25, -0.2) is 4.79 Å². The maximum atomic E-state index is 13.6. The second-order valence-electron chi connectivity index (χ2n) is 6.81. The normalized spacial score (nSPS) is 11.7. The number of benzene rings is 3. The number of ketones is 1. The fraction of sp³-hybridized carbons (Fsp3) is 0.0833. The van der Waals surface area contributed by atoms with Crippen LogP contribution in [-0.2, 0) is 4.79 Å². The van der Waals surface area contributed by atoms with Crippen molar-refractivity contribution in [3.05, 3.63) is 83.4 Å². The van der Waals surface area contributed by atoms with Crippen LogP contribution < -0.4 is 9.47 Å². The lowest BCUT2D eigenvalue weighted by Gasteiger charge is -2.14. The summed E-state index contributed by atoms with van der Waals surface area (Å²) in [6.07, 6.45) is 0. The van der Waals surface area contributed by atoms with E-state index in [9.17, 15) is 14.7 Å². The summed E-state index contributed by atoms with van der Waals surface area (Å²) in [7, 11) is 3.07. The molecule has 32 heavy (non-hydrogen) atoms. The molecule has 0 spiro atoms. The minimum Gasteiger partial charge on any atom is -0.497 e. The Morgan fingerprint density at radius 1 is 0.719 bits per heavy atom. The smallest absolute Gasteiger partial charge is 0.337 e. The van der Waals surface area contributed by atoms with Crippen LogP contribution in [0.2, 0.25) is 0 Å². The van der Waals surface area contributed by atoms with Crippen LogP contribution in [0.1, 0.15) is 21.5 Å². The van der Waals surface area contributed by atoms with Gasteiger partial charge in [0.05, 0.1) is 31.5 Å². The molecule has 160 valence electrons. The molecule has 0 fully saturated rings. The van der Waals surface area contributed by atoms with E-state index in [2.05, 4.69) is 8.75 Å². The van der Waals surface area contributed by atoms with E-state index in [1.165, 1.54) is 14.2 Å². The summed E-state index contributed by atoms with van der Waals surface area (Å²) in [6, 6.07) is 18.2. The fourth-order valence-corrected chi connectivity index (χ4v) is 3.86. The predicted molar refractivity (Wildman–Crippen MR) is 122 cm³/mol. The van der Waals surface area contributed by atoms with E-state index in [0.717, 1.165) is 11.7 Å². The van der Waals surface area contributed by atoms with E-state index in [4.69, 9.17) is 9.47 Å². The first kappa shape index (κ1) is 21.2. The molecule has 0 atom stereocenters. The number of hydrogen-bond donors (Lipinski definition) is 1. The Morgan fingerprint density at radius 2 is 1.25 bits per heavy atom. The van der Waals surface area contributed by atoms with Gasteiger partial charge in [0.1, 0.15) is 22.5 Å². The van der Waals surface area contributed by atoms with E-state index in [0.29, 0.717) is 39.2 Å². The second-order valence-corrected chi connectivity index (χ2v) is 7.34. The standard InChI is InChI=1S/C24H18N2O5S/c1-30-17-8-3-14(4-9-17)21(23(27)15-5-10-18(31-2)11-6-15)22(24(28)29)16-7-12-19-20(13-16)26-32-25-19/h3-13H,1-2H3,(H,28,29). The highest BCUT2D eigenvalue weighted by Crippen LogP contribution is 2.32. The molecule has 0 radical (unpaired) electrons. The Balaban J connectivity index is 1.96. The molecule has 0 amide bonds. The number of carboxylic acids is 1. The van der Waals surface area contributed by atoms with Gasteiger partial charge in [0.25, 0.3) is 0 Å². The average molecular weight is 446 g/mol. The Labute approximate surface area is 187 Å². The van der Waals surface area contributed by atoms with Crippen LogP contribution in [0.5, 0.6) is 11.5 Å².